The maximum Gasteiger partial charge on any atom is 0.195 e. The molecule has 1 aromatic heterocycles. The predicted octanol–water partition coefficient (Wildman–Crippen LogP) is 3.03. The maximum atomic E-state index is 10.2. The van der Waals surface area contributed by atoms with E-state index in [-0.39, 0.29) is 11.8 Å². The van der Waals surface area contributed by atoms with Gasteiger partial charge in [0.05, 0.1) is 11.2 Å². The summed E-state index contributed by atoms with van der Waals surface area (Å²) in [5.41, 5.74) is 5.69. The number of hydrogen-bond acceptors (Lipinski definition) is 8. The molecule has 0 saturated carbocycles. The van der Waals surface area contributed by atoms with Crippen LogP contribution in [0.4, 0.5) is 11.5 Å². The Hall–Kier alpha value is -2.89. The van der Waals surface area contributed by atoms with E-state index in [4.69, 9.17) is 4.98 Å². The summed E-state index contributed by atoms with van der Waals surface area (Å²) in [4.78, 5) is 11.7. The summed E-state index contributed by atoms with van der Waals surface area (Å²) in [7, 11) is 1.92. The predicted molar refractivity (Wildman–Crippen MR) is 126 cm³/mol. The molecule has 0 bridgehead atoms. The van der Waals surface area contributed by atoms with Crippen LogP contribution in [0.2, 0.25) is 0 Å². The first-order valence-corrected chi connectivity index (χ1v) is 10.9. The van der Waals surface area contributed by atoms with Crippen LogP contribution >= 0.6 is 0 Å². The number of fused-ring (bicyclic) bond motifs is 1. The molecule has 1 atom stereocenters. The van der Waals surface area contributed by atoms with Crippen molar-refractivity contribution in [2.75, 3.05) is 30.4 Å². The van der Waals surface area contributed by atoms with E-state index in [2.05, 4.69) is 58.9 Å². The number of rotatable bonds is 4. The minimum absolute atomic E-state index is 0.102. The number of benzene rings is 1. The molecule has 0 aliphatic carbocycles. The number of anilines is 2. The van der Waals surface area contributed by atoms with Gasteiger partial charge < -0.3 is 21.0 Å². The fraction of sp³-hybridized carbons (Fsp3) is 0.522. The average Bonchev–Trinajstić information content (AvgIpc) is 3.03. The highest BCUT2D eigenvalue weighted by atomic mass is 15.6. The molecule has 1 unspecified atom stereocenters. The molecule has 8 heteroatoms. The number of para-hydroxylation sites is 1. The van der Waals surface area contributed by atoms with Gasteiger partial charge >= 0.3 is 0 Å². The van der Waals surface area contributed by atoms with Crippen molar-refractivity contribution in [2.45, 2.75) is 58.4 Å². The van der Waals surface area contributed by atoms with Gasteiger partial charge in [-0.15, -0.1) is 0 Å². The van der Waals surface area contributed by atoms with Crippen molar-refractivity contribution < 1.29 is 0 Å². The lowest BCUT2D eigenvalue weighted by molar-refractivity contribution is 0.261. The Labute approximate surface area is 184 Å². The monoisotopic (exact) mass is 420 g/mol. The van der Waals surface area contributed by atoms with Gasteiger partial charge in [0.2, 0.25) is 0 Å². The van der Waals surface area contributed by atoms with Crippen LogP contribution in [0.3, 0.4) is 0 Å². The maximum absolute atomic E-state index is 10.2. The molecule has 1 fully saturated rings. The number of aliphatic imine (C=N–C) groups is 1. The SMILES string of the molecule is CC1=NC(Nc2nc3ccccc3c(N3CCC(NC(C)(C)C)CC3)c2C#N)N(C)N1. The van der Waals surface area contributed by atoms with Crippen LogP contribution in [-0.4, -0.2) is 53.8 Å². The zero-order valence-electron chi connectivity index (χ0n) is 19.0. The van der Waals surface area contributed by atoms with Gasteiger partial charge in [0, 0.05) is 37.1 Å². The summed E-state index contributed by atoms with van der Waals surface area (Å²) < 4.78 is 0. The third kappa shape index (κ3) is 4.58. The molecule has 2 aliphatic heterocycles. The van der Waals surface area contributed by atoms with Crippen LogP contribution in [0.5, 0.6) is 0 Å². The first-order chi connectivity index (χ1) is 14.7. The van der Waals surface area contributed by atoms with Crippen LogP contribution < -0.4 is 21.0 Å². The van der Waals surface area contributed by atoms with E-state index in [1.165, 1.54) is 0 Å². The van der Waals surface area contributed by atoms with E-state index in [1.54, 1.807) is 0 Å². The molecule has 31 heavy (non-hydrogen) atoms. The Morgan fingerprint density at radius 3 is 2.52 bits per heavy atom. The third-order valence-electron chi connectivity index (χ3n) is 5.71. The fourth-order valence-corrected chi connectivity index (χ4v) is 4.46. The Bertz CT molecular complexity index is 1020. The van der Waals surface area contributed by atoms with E-state index in [9.17, 15) is 5.26 Å². The zero-order chi connectivity index (χ0) is 22.2. The van der Waals surface area contributed by atoms with Gasteiger partial charge in [-0.3, -0.25) is 0 Å². The summed E-state index contributed by atoms with van der Waals surface area (Å²) in [6.07, 6.45) is 1.77. The van der Waals surface area contributed by atoms with Gasteiger partial charge in [-0.05, 0) is 46.6 Å². The van der Waals surface area contributed by atoms with Gasteiger partial charge in [0.15, 0.2) is 6.29 Å². The third-order valence-corrected chi connectivity index (χ3v) is 5.71. The van der Waals surface area contributed by atoms with E-state index < -0.39 is 0 Å². The van der Waals surface area contributed by atoms with E-state index in [1.807, 2.05) is 37.2 Å². The van der Waals surface area contributed by atoms with Crippen LogP contribution in [0.25, 0.3) is 10.9 Å². The van der Waals surface area contributed by atoms with Crippen molar-refractivity contribution in [3.8, 4) is 6.07 Å². The molecular weight excluding hydrogens is 388 g/mol. The van der Waals surface area contributed by atoms with Crippen molar-refractivity contribution in [1.29, 1.82) is 5.26 Å². The first kappa shape index (κ1) is 21.3. The quantitative estimate of drug-likeness (QED) is 0.700. The number of amidine groups is 1. The van der Waals surface area contributed by atoms with Gasteiger partial charge in [0.25, 0.3) is 0 Å². The van der Waals surface area contributed by atoms with Crippen LogP contribution in [0.15, 0.2) is 29.3 Å². The summed E-state index contributed by atoms with van der Waals surface area (Å²) in [5.74, 6) is 1.40. The number of nitrogens with one attached hydrogen (secondary N) is 3. The number of pyridine rings is 1. The lowest BCUT2D eigenvalue weighted by Gasteiger charge is -2.38. The van der Waals surface area contributed by atoms with Crippen LogP contribution in [-0.2, 0) is 0 Å². The Morgan fingerprint density at radius 2 is 1.90 bits per heavy atom. The molecule has 4 rings (SSSR count). The number of nitrogens with zero attached hydrogens (tertiary/aromatic N) is 5. The molecule has 8 nitrogen and oxygen atoms in total. The molecule has 1 saturated heterocycles. The smallest absolute Gasteiger partial charge is 0.195 e. The van der Waals surface area contributed by atoms with E-state index >= 15 is 0 Å². The fourth-order valence-electron chi connectivity index (χ4n) is 4.46. The van der Waals surface area contributed by atoms with Crippen molar-refractivity contribution in [1.82, 2.24) is 20.7 Å². The molecule has 3 heterocycles. The molecule has 2 aliphatic rings. The molecule has 3 N–H and O–H groups in total. The second kappa shape index (κ2) is 8.33. The van der Waals surface area contributed by atoms with E-state index in [0.717, 1.165) is 48.4 Å². The lowest BCUT2D eigenvalue weighted by Crippen LogP contribution is -2.49. The molecule has 0 amide bonds. The minimum Gasteiger partial charge on any atom is -0.370 e. The summed E-state index contributed by atoms with van der Waals surface area (Å²) in [6, 6.07) is 11.0. The molecule has 0 spiro atoms. The Balaban J connectivity index is 1.69. The van der Waals surface area contributed by atoms with Crippen LogP contribution in [0.1, 0.15) is 46.1 Å². The number of hydrazine groups is 1. The number of hydrogen-bond donors (Lipinski definition) is 3. The van der Waals surface area contributed by atoms with Crippen molar-refractivity contribution in [2.24, 2.45) is 4.99 Å². The normalized spacial score (nSPS) is 20.5. The average molecular weight is 421 g/mol. The summed E-state index contributed by atoms with van der Waals surface area (Å²) in [5, 5.41) is 20.1. The minimum atomic E-state index is -0.310. The largest absolute Gasteiger partial charge is 0.370 e. The number of piperidine rings is 1. The second-order valence-corrected chi connectivity index (χ2v) is 9.42. The Morgan fingerprint density at radius 1 is 1.19 bits per heavy atom. The highest BCUT2D eigenvalue weighted by Crippen LogP contribution is 2.36. The van der Waals surface area contributed by atoms with Gasteiger partial charge in [-0.2, -0.15) is 10.3 Å². The van der Waals surface area contributed by atoms with Gasteiger partial charge in [-0.1, -0.05) is 18.2 Å². The summed E-state index contributed by atoms with van der Waals surface area (Å²) >= 11 is 0. The standard InChI is InChI=1S/C23H32N8/c1-15-25-22(30(5)29-15)27-21-18(14-24)20(17-8-6-7-9-19(17)26-21)31-12-10-16(11-13-31)28-23(2,3)4/h6-9,16,22,28H,10-13H2,1-5H3,(H,25,29)(H,26,27). The highest BCUT2D eigenvalue weighted by molar-refractivity contribution is 5.97. The second-order valence-electron chi connectivity index (χ2n) is 9.42. The van der Waals surface area contributed by atoms with Crippen LogP contribution in [0, 0.1) is 11.3 Å². The topological polar surface area (TPSA) is 91.6 Å². The van der Waals surface area contributed by atoms with Gasteiger partial charge in [0.1, 0.15) is 23.3 Å². The Kier molecular flexibility index (Phi) is 5.73. The lowest BCUT2D eigenvalue weighted by atomic mass is 9.98. The van der Waals surface area contributed by atoms with E-state index in [0.29, 0.717) is 17.4 Å². The summed E-state index contributed by atoms with van der Waals surface area (Å²) in [6.45, 7) is 10.3. The number of nitriles is 1. The first-order valence-electron chi connectivity index (χ1n) is 10.9. The molecule has 1 aromatic carbocycles. The number of aromatic nitrogens is 1. The van der Waals surface area contributed by atoms with Gasteiger partial charge in [-0.25, -0.2) is 9.98 Å². The molecule has 2 aromatic rings. The molecular formula is C23H32N8. The zero-order valence-corrected chi connectivity index (χ0v) is 19.0. The molecule has 164 valence electrons. The molecule has 0 radical (unpaired) electrons. The van der Waals surface area contributed by atoms with Crippen molar-refractivity contribution >= 4 is 28.2 Å². The highest BCUT2D eigenvalue weighted by Gasteiger charge is 2.28. The van der Waals surface area contributed by atoms with Crippen molar-refractivity contribution in [3.63, 3.8) is 0 Å². The van der Waals surface area contributed by atoms with Crippen molar-refractivity contribution in [3.05, 3.63) is 29.8 Å².